The van der Waals surface area contributed by atoms with E-state index < -0.39 is 0 Å². The molecule has 0 spiro atoms. The van der Waals surface area contributed by atoms with Crippen LogP contribution in [-0.4, -0.2) is 0 Å². The molecule has 5 aliphatic heterocycles. The minimum atomic E-state index is 0.216. The Balaban J connectivity index is 1.68. The maximum Gasteiger partial charge on any atom is 0.249 e. The second kappa shape index (κ2) is 6.12. The fourth-order valence-electron chi connectivity index (χ4n) is 6.10. The molecule has 0 saturated heterocycles. The number of hydrogen-bond acceptors (Lipinski definition) is 0. The van der Waals surface area contributed by atoms with Crippen LogP contribution in [0.5, 0.6) is 0 Å². The van der Waals surface area contributed by atoms with Crippen molar-refractivity contribution in [3.05, 3.63) is 128 Å². The Hall–Kier alpha value is -2.30. The Bertz CT molecular complexity index is 1260. The predicted octanol–water partition coefficient (Wildman–Crippen LogP) is 5.57. The number of benzene rings is 2. The molecule has 0 amide bonds. The summed E-state index contributed by atoms with van der Waals surface area (Å²) in [4.78, 5) is 0. The lowest BCUT2D eigenvalue weighted by molar-refractivity contribution is -0.817. The molecule has 6 aliphatic rings. The highest BCUT2D eigenvalue weighted by Crippen LogP contribution is 2.55. The zero-order valence-corrected chi connectivity index (χ0v) is 19.2. The van der Waals surface area contributed by atoms with E-state index in [1.54, 1.807) is 0 Å². The Morgan fingerprint density at radius 2 is 1.00 bits per heavy atom. The van der Waals surface area contributed by atoms with Gasteiger partial charge in [0.1, 0.15) is 0 Å². The molecule has 0 radical (unpaired) electrons. The summed E-state index contributed by atoms with van der Waals surface area (Å²) >= 11 is 7.51. The first kappa shape index (κ1) is 17.4. The van der Waals surface area contributed by atoms with Gasteiger partial charge < -0.3 is 0 Å². The minimum absolute atomic E-state index is 0.216. The SMILES string of the molecule is Brc1ccc2c(c1)[C@@H]1c3cccc[n+]3[C@H]2[C@@H]2c3ccc(Br)cc3[C@H]1c1cccc[n+]12. The minimum Gasteiger partial charge on any atom is -0.188 e. The van der Waals surface area contributed by atoms with Gasteiger partial charge in [0.15, 0.2) is 23.8 Å². The third-order valence-electron chi connectivity index (χ3n) is 7.12. The van der Waals surface area contributed by atoms with Crippen LogP contribution < -0.4 is 9.13 Å². The summed E-state index contributed by atoms with van der Waals surface area (Å²) in [6.07, 6.45) is 4.56. The maximum atomic E-state index is 3.76. The zero-order valence-electron chi connectivity index (χ0n) is 16.0. The summed E-state index contributed by atoms with van der Waals surface area (Å²) in [7, 11) is 0. The highest BCUT2D eigenvalue weighted by atomic mass is 79.9. The standard InChI is InChI=1S/C26H18Br2N2/c27-15-7-9-17-19(13-15)23-21-5-1-3-11-29(21)25(17)26-18-10-8-16(28)14-20(18)24(23)22-6-2-4-12-30(22)26/h1-14,23-26H/q+2/t23-,24+,25-,26+. The maximum absolute atomic E-state index is 3.76. The van der Waals surface area contributed by atoms with Gasteiger partial charge >= 0.3 is 0 Å². The summed E-state index contributed by atoms with van der Waals surface area (Å²) in [5, 5.41) is 0. The largest absolute Gasteiger partial charge is 0.249 e. The molecule has 1 aliphatic carbocycles. The van der Waals surface area contributed by atoms with Crippen LogP contribution in [0.15, 0.2) is 94.1 Å². The molecular formula is C26H18Br2N2+2. The molecule has 2 nitrogen and oxygen atoms in total. The molecule has 4 heteroatoms. The van der Waals surface area contributed by atoms with E-state index in [4.69, 9.17) is 0 Å². The lowest BCUT2D eigenvalue weighted by Gasteiger charge is -2.42. The van der Waals surface area contributed by atoms with Crippen LogP contribution in [0, 0.1) is 0 Å². The van der Waals surface area contributed by atoms with Gasteiger partial charge in [0.2, 0.25) is 12.1 Å². The molecule has 0 unspecified atom stereocenters. The van der Waals surface area contributed by atoms with Crippen LogP contribution in [-0.2, 0) is 0 Å². The van der Waals surface area contributed by atoms with Crippen molar-refractivity contribution in [2.45, 2.75) is 23.9 Å². The van der Waals surface area contributed by atoms with Crippen molar-refractivity contribution in [3.63, 3.8) is 0 Å². The van der Waals surface area contributed by atoms with Crippen LogP contribution in [0.25, 0.3) is 0 Å². The summed E-state index contributed by atoms with van der Waals surface area (Å²) in [6, 6.07) is 27.6. The van der Waals surface area contributed by atoms with Gasteiger partial charge in [0.05, 0.1) is 11.8 Å². The van der Waals surface area contributed by atoms with Crippen molar-refractivity contribution in [1.29, 1.82) is 0 Å². The van der Waals surface area contributed by atoms with Crippen molar-refractivity contribution in [2.24, 2.45) is 0 Å². The Morgan fingerprint density at radius 3 is 1.47 bits per heavy atom. The normalized spacial score (nSPS) is 24.3. The van der Waals surface area contributed by atoms with Gasteiger partial charge in [-0.25, -0.2) is 0 Å². The molecule has 4 aromatic rings. The van der Waals surface area contributed by atoms with E-state index in [1.807, 2.05) is 0 Å². The highest BCUT2D eigenvalue weighted by molar-refractivity contribution is 9.10. The fraction of sp³-hybridized carbons (Fsp3) is 0.154. The first-order chi connectivity index (χ1) is 14.7. The van der Waals surface area contributed by atoms with Gasteiger partial charge in [-0.1, -0.05) is 56.1 Å². The molecule has 0 saturated carbocycles. The van der Waals surface area contributed by atoms with Gasteiger partial charge in [0.25, 0.3) is 0 Å². The van der Waals surface area contributed by atoms with Gasteiger partial charge in [-0.05, 0) is 35.4 Å². The molecule has 30 heavy (non-hydrogen) atoms. The van der Waals surface area contributed by atoms with Crippen molar-refractivity contribution >= 4 is 31.9 Å². The summed E-state index contributed by atoms with van der Waals surface area (Å²) in [5.41, 5.74) is 8.61. The number of nitrogens with zero attached hydrogens (tertiary/aromatic N) is 2. The van der Waals surface area contributed by atoms with Crippen molar-refractivity contribution in [3.8, 4) is 0 Å². The molecule has 2 aromatic heterocycles. The monoisotopic (exact) mass is 516 g/mol. The van der Waals surface area contributed by atoms with E-state index in [1.165, 1.54) is 33.6 Å². The van der Waals surface area contributed by atoms with E-state index in [0.717, 1.165) is 8.95 Å². The fourth-order valence-corrected chi connectivity index (χ4v) is 6.86. The van der Waals surface area contributed by atoms with Crippen LogP contribution in [0.3, 0.4) is 0 Å². The Kier molecular flexibility index (Phi) is 3.54. The van der Waals surface area contributed by atoms with Crippen LogP contribution >= 0.6 is 31.9 Å². The van der Waals surface area contributed by atoms with Crippen LogP contribution in [0.4, 0.5) is 0 Å². The molecule has 144 valence electrons. The molecule has 4 atom stereocenters. The van der Waals surface area contributed by atoms with Crippen LogP contribution in [0.2, 0.25) is 0 Å². The highest BCUT2D eigenvalue weighted by Gasteiger charge is 2.58. The first-order valence-corrected chi connectivity index (χ1v) is 11.9. The van der Waals surface area contributed by atoms with E-state index in [-0.39, 0.29) is 23.9 Å². The molecular weight excluding hydrogens is 500 g/mol. The van der Waals surface area contributed by atoms with Crippen molar-refractivity contribution in [1.82, 2.24) is 0 Å². The number of aromatic nitrogens is 2. The van der Waals surface area contributed by atoms with E-state index in [2.05, 4.69) is 126 Å². The third-order valence-corrected chi connectivity index (χ3v) is 8.11. The Morgan fingerprint density at radius 1 is 0.533 bits per heavy atom. The molecule has 2 aromatic carbocycles. The number of halogens is 2. The quantitative estimate of drug-likeness (QED) is 0.269. The third kappa shape index (κ3) is 2.13. The van der Waals surface area contributed by atoms with Crippen LogP contribution in [0.1, 0.15) is 57.6 Å². The van der Waals surface area contributed by atoms with Gasteiger partial charge in [-0.15, -0.1) is 0 Å². The topological polar surface area (TPSA) is 7.76 Å². The summed E-state index contributed by atoms with van der Waals surface area (Å²) in [6.45, 7) is 0. The van der Waals surface area contributed by atoms with Gasteiger partial charge in [-0.3, -0.25) is 0 Å². The van der Waals surface area contributed by atoms with Gasteiger partial charge in [-0.2, -0.15) is 9.13 Å². The molecule has 7 heterocycles. The molecule has 0 N–H and O–H groups in total. The van der Waals surface area contributed by atoms with Crippen molar-refractivity contribution < 1.29 is 9.13 Å². The van der Waals surface area contributed by atoms with Gasteiger partial charge in [0, 0.05) is 44.3 Å². The number of hydrogen-bond donors (Lipinski definition) is 0. The van der Waals surface area contributed by atoms with E-state index >= 15 is 0 Å². The molecule has 0 fully saturated rings. The van der Waals surface area contributed by atoms with E-state index in [9.17, 15) is 0 Å². The smallest absolute Gasteiger partial charge is 0.188 e. The number of rotatable bonds is 0. The average Bonchev–Trinajstić information content (AvgIpc) is 2.75. The van der Waals surface area contributed by atoms with E-state index in [0.29, 0.717) is 0 Å². The zero-order chi connectivity index (χ0) is 20.0. The first-order valence-electron chi connectivity index (χ1n) is 10.3. The second-order valence-electron chi connectivity index (χ2n) is 8.46. The lowest BCUT2D eigenvalue weighted by Crippen LogP contribution is -2.63. The number of pyridine rings is 2. The molecule has 10 rings (SSSR count). The average molecular weight is 518 g/mol. The molecule has 4 bridgehead atoms. The predicted molar refractivity (Wildman–Crippen MR) is 122 cm³/mol. The van der Waals surface area contributed by atoms with Crippen molar-refractivity contribution in [2.75, 3.05) is 0 Å². The Labute approximate surface area is 192 Å². The summed E-state index contributed by atoms with van der Waals surface area (Å²) < 4.78 is 7.38. The lowest BCUT2D eigenvalue weighted by atomic mass is 9.65. The summed E-state index contributed by atoms with van der Waals surface area (Å²) in [5.74, 6) is 0.524. The second-order valence-corrected chi connectivity index (χ2v) is 10.3.